The molecule has 2 aromatic carbocycles. The van der Waals surface area contributed by atoms with E-state index in [0.717, 1.165) is 5.39 Å². The molecular weight excluding hydrogens is 400 g/mol. The molecule has 166 valence electrons. The molecule has 1 heterocycles. The first kappa shape index (κ1) is 22.6. The van der Waals surface area contributed by atoms with E-state index in [1.165, 1.54) is 4.90 Å². The molecule has 0 unspecified atom stereocenters. The highest BCUT2D eigenvalue weighted by atomic mass is 16.6. The molecule has 0 saturated carbocycles. The second-order valence-corrected chi connectivity index (χ2v) is 8.22. The summed E-state index contributed by atoms with van der Waals surface area (Å²) in [5, 5.41) is 3.97. The van der Waals surface area contributed by atoms with Crippen LogP contribution < -0.4 is 10.1 Å². The Bertz CT molecular complexity index is 973. The van der Waals surface area contributed by atoms with Gasteiger partial charge in [0.1, 0.15) is 18.0 Å². The third kappa shape index (κ3) is 5.14. The number of alkyl carbamates (subject to hydrolysis) is 1. The summed E-state index contributed by atoms with van der Waals surface area (Å²) in [6, 6.07) is 8.76. The highest BCUT2D eigenvalue weighted by Crippen LogP contribution is 2.35. The highest BCUT2D eigenvalue weighted by molar-refractivity contribution is 6.26. The fourth-order valence-corrected chi connectivity index (χ4v) is 3.43. The predicted molar refractivity (Wildman–Crippen MR) is 116 cm³/mol. The van der Waals surface area contributed by atoms with Crippen molar-refractivity contribution in [2.75, 3.05) is 33.4 Å². The lowest BCUT2D eigenvalue weighted by atomic mass is 9.93. The third-order valence-corrected chi connectivity index (χ3v) is 4.72. The predicted octanol–water partition coefficient (Wildman–Crippen LogP) is 3.38. The molecular formula is C23H28N2O6. The molecule has 0 aliphatic carbocycles. The van der Waals surface area contributed by atoms with E-state index in [2.05, 4.69) is 5.32 Å². The van der Waals surface area contributed by atoms with E-state index >= 15 is 0 Å². The average molecular weight is 428 g/mol. The van der Waals surface area contributed by atoms with Gasteiger partial charge in [-0.1, -0.05) is 12.1 Å². The monoisotopic (exact) mass is 428 g/mol. The molecule has 0 aromatic heterocycles. The van der Waals surface area contributed by atoms with Crippen molar-refractivity contribution in [2.24, 2.45) is 0 Å². The van der Waals surface area contributed by atoms with Gasteiger partial charge in [0.15, 0.2) is 0 Å². The van der Waals surface area contributed by atoms with Gasteiger partial charge >= 0.3 is 6.09 Å². The van der Waals surface area contributed by atoms with Crippen LogP contribution in [0, 0.1) is 0 Å². The Kier molecular flexibility index (Phi) is 6.80. The van der Waals surface area contributed by atoms with Crippen molar-refractivity contribution < 1.29 is 28.6 Å². The van der Waals surface area contributed by atoms with Gasteiger partial charge in [-0.25, -0.2) is 4.79 Å². The number of ether oxygens (including phenoxy) is 3. The van der Waals surface area contributed by atoms with Gasteiger partial charge in [0, 0.05) is 42.1 Å². The molecule has 0 bridgehead atoms. The van der Waals surface area contributed by atoms with Crippen molar-refractivity contribution in [2.45, 2.75) is 32.8 Å². The molecule has 0 radical (unpaired) electrons. The maximum atomic E-state index is 13.0. The van der Waals surface area contributed by atoms with Gasteiger partial charge < -0.3 is 19.5 Å². The van der Waals surface area contributed by atoms with Gasteiger partial charge in [-0.15, -0.1) is 0 Å². The summed E-state index contributed by atoms with van der Waals surface area (Å²) in [6.45, 7) is 6.63. The molecule has 0 saturated heterocycles. The lowest BCUT2D eigenvalue weighted by Gasteiger charge is -2.28. The summed E-state index contributed by atoms with van der Waals surface area (Å²) in [4.78, 5) is 39.0. The molecule has 1 aliphatic rings. The summed E-state index contributed by atoms with van der Waals surface area (Å²) in [6.07, 6.45) is -0.111. The van der Waals surface area contributed by atoms with Gasteiger partial charge in [-0.3, -0.25) is 14.5 Å². The van der Waals surface area contributed by atoms with Crippen LogP contribution in [-0.2, 0) is 9.47 Å². The van der Waals surface area contributed by atoms with Gasteiger partial charge in [0.25, 0.3) is 11.8 Å². The highest BCUT2D eigenvalue weighted by Gasteiger charge is 2.33. The number of hydrogen-bond acceptors (Lipinski definition) is 6. The summed E-state index contributed by atoms with van der Waals surface area (Å²) in [5.41, 5.74) is 0.339. The zero-order valence-electron chi connectivity index (χ0n) is 18.3. The maximum Gasteiger partial charge on any atom is 0.407 e. The molecule has 2 aromatic rings. The Morgan fingerprint density at radius 3 is 2.42 bits per heavy atom. The van der Waals surface area contributed by atoms with E-state index in [4.69, 9.17) is 14.2 Å². The van der Waals surface area contributed by atoms with Crippen molar-refractivity contribution >= 4 is 28.7 Å². The Labute approximate surface area is 181 Å². The van der Waals surface area contributed by atoms with Crippen LogP contribution in [0.3, 0.4) is 0 Å². The zero-order chi connectivity index (χ0) is 22.6. The van der Waals surface area contributed by atoms with Crippen LogP contribution in [0.15, 0.2) is 30.3 Å². The van der Waals surface area contributed by atoms with Crippen LogP contribution in [0.5, 0.6) is 5.75 Å². The molecule has 8 heteroatoms. The molecule has 0 fully saturated rings. The van der Waals surface area contributed by atoms with Crippen LogP contribution in [0.2, 0.25) is 0 Å². The molecule has 8 nitrogen and oxygen atoms in total. The molecule has 1 N–H and O–H groups in total. The SMILES string of the molecule is COCCOc1ccc2c3c(cccc13)C(=O)N(CCCNC(=O)OC(C)(C)C)C2=O. The minimum absolute atomic E-state index is 0.190. The van der Waals surface area contributed by atoms with Crippen molar-refractivity contribution in [3.8, 4) is 5.75 Å². The van der Waals surface area contributed by atoms with Crippen molar-refractivity contribution in [3.63, 3.8) is 0 Å². The smallest absolute Gasteiger partial charge is 0.407 e. The number of nitrogens with one attached hydrogen (secondary N) is 1. The van der Waals surface area contributed by atoms with Crippen LogP contribution >= 0.6 is 0 Å². The number of carbonyl (C=O) groups excluding carboxylic acids is 3. The number of nitrogens with zero attached hydrogens (tertiary/aromatic N) is 1. The Balaban J connectivity index is 1.72. The number of rotatable bonds is 8. The van der Waals surface area contributed by atoms with E-state index in [1.54, 1.807) is 52.1 Å². The van der Waals surface area contributed by atoms with Crippen LogP contribution in [0.25, 0.3) is 10.8 Å². The summed E-state index contributed by atoms with van der Waals surface area (Å²) >= 11 is 0. The summed E-state index contributed by atoms with van der Waals surface area (Å²) < 4.78 is 16.0. The number of hydrogen-bond donors (Lipinski definition) is 1. The van der Waals surface area contributed by atoms with E-state index in [1.807, 2.05) is 6.07 Å². The van der Waals surface area contributed by atoms with Gasteiger partial charge in [0.2, 0.25) is 0 Å². The first-order valence-corrected chi connectivity index (χ1v) is 10.2. The van der Waals surface area contributed by atoms with Crippen LogP contribution in [-0.4, -0.2) is 61.8 Å². The maximum absolute atomic E-state index is 13.0. The fraction of sp³-hybridized carbons (Fsp3) is 0.435. The first-order chi connectivity index (χ1) is 14.7. The number of carbonyl (C=O) groups is 3. The topological polar surface area (TPSA) is 94.2 Å². The zero-order valence-corrected chi connectivity index (χ0v) is 18.3. The number of imide groups is 1. The Morgan fingerprint density at radius 2 is 1.74 bits per heavy atom. The number of benzene rings is 2. The minimum Gasteiger partial charge on any atom is -0.491 e. The Hall–Kier alpha value is -3.13. The number of methoxy groups -OCH3 is 1. The van der Waals surface area contributed by atoms with Crippen molar-refractivity contribution in [3.05, 3.63) is 41.5 Å². The van der Waals surface area contributed by atoms with Crippen LogP contribution in [0.4, 0.5) is 4.79 Å². The second-order valence-electron chi connectivity index (χ2n) is 8.22. The first-order valence-electron chi connectivity index (χ1n) is 10.2. The summed E-state index contributed by atoms with van der Waals surface area (Å²) in [7, 11) is 1.59. The van der Waals surface area contributed by atoms with E-state index in [9.17, 15) is 14.4 Å². The number of amides is 3. The van der Waals surface area contributed by atoms with E-state index in [-0.39, 0.29) is 24.9 Å². The molecule has 0 atom stereocenters. The quantitative estimate of drug-likeness (QED) is 0.512. The molecule has 3 rings (SSSR count). The van der Waals surface area contributed by atoms with E-state index in [0.29, 0.717) is 41.9 Å². The fourth-order valence-electron chi connectivity index (χ4n) is 3.43. The van der Waals surface area contributed by atoms with Gasteiger partial charge in [-0.05, 0) is 45.4 Å². The lowest BCUT2D eigenvalue weighted by Crippen LogP contribution is -2.42. The largest absolute Gasteiger partial charge is 0.491 e. The average Bonchev–Trinajstić information content (AvgIpc) is 2.70. The van der Waals surface area contributed by atoms with Crippen molar-refractivity contribution in [1.29, 1.82) is 0 Å². The van der Waals surface area contributed by atoms with Crippen LogP contribution in [0.1, 0.15) is 47.9 Å². The molecule has 31 heavy (non-hydrogen) atoms. The molecule has 0 spiro atoms. The molecule has 1 aliphatic heterocycles. The second kappa shape index (κ2) is 9.34. The minimum atomic E-state index is -0.586. The Morgan fingerprint density at radius 1 is 1.03 bits per heavy atom. The lowest BCUT2D eigenvalue weighted by molar-refractivity contribution is 0.0525. The third-order valence-electron chi connectivity index (χ3n) is 4.72. The molecule has 3 amide bonds. The van der Waals surface area contributed by atoms with E-state index < -0.39 is 11.7 Å². The standard InChI is InChI=1S/C23H28N2O6/c1-23(2,3)31-22(28)24-11-6-12-25-20(26)16-8-5-7-15-18(30-14-13-29-4)10-9-17(19(15)16)21(25)27/h5,7-10H,6,11-14H2,1-4H3,(H,24,28). The normalized spacial score (nSPS) is 13.5. The van der Waals surface area contributed by atoms with Gasteiger partial charge in [-0.2, -0.15) is 0 Å². The van der Waals surface area contributed by atoms with Gasteiger partial charge in [0.05, 0.1) is 6.61 Å². The summed E-state index contributed by atoms with van der Waals surface area (Å²) in [5.74, 6) is -0.0999. The van der Waals surface area contributed by atoms with Crippen molar-refractivity contribution in [1.82, 2.24) is 10.2 Å².